The van der Waals surface area contributed by atoms with Crippen molar-refractivity contribution in [1.82, 2.24) is 40.6 Å². The minimum Gasteiger partial charge on any atom is -0.488 e. The van der Waals surface area contributed by atoms with Gasteiger partial charge in [0.2, 0.25) is 17.8 Å². The first-order chi connectivity index (χ1) is 29.3. The van der Waals surface area contributed by atoms with Crippen molar-refractivity contribution in [1.29, 1.82) is 0 Å². The third kappa shape index (κ3) is 10.7. The van der Waals surface area contributed by atoms with Gasteiger partial charge >= 0.3 is 0 Å². The summed E-state index contributed by atoms with van der Waals surface area (Å²) in [6.45, 7) is 5.31. The van der Waals surface area contributed by atoms with Gasteiger partial charge in [-0.25, -0.2) is 9.97 Å². The molecule has 3 aromatic heterocycles. The Labute approximate surface area is 359 Å². The lowest BCUT2D eigenvalue weighted by atomic mass is 9.91. The highest BCUT2D eigenvalue weighted by molar-refractivity contribution is 7.10. The number of hydrogen-bond donors (Lipinski definition) is 4. The van der Waals surface area contributed by atoms with Crippen molar-refractivity contribution in [3.05, 3.63) is 74.3 Å². The zero-order valence-corrected chi connectivity index (χ0v) is 35.6. The molecule has 0 unspecified atom stereocenters. The van der Waals surface area contributed by atoms with E-state index in [1.54, 1.807) is 11.1 Å². The summed E-state index contributed by atoms with van der Waals surface area (Å²) in [5.41, 5.74) is 5.60. The number of piperidine rings is 1. The molecule has 60 heavy (non-hydrogen) atoms. The van der Waals surface area contributed by atoms with Crippen LogP contribution in [0, 0.1) is 5.92 Å². The Balaban J connectivity index is 0.641. The van der Waals surface area contributed by atoms with Crippen molar-refractivity contribution in [2.75, 3.05) is 44.8 Å². The summed E-state index contributed by atoms with van der Waals surface area (Å²) in [5.74, 6) is 1.24. The van der Waals surface area contributed by atoms with Gasteiger partial charge in [-0.1, -0.05) is 23.7 Å². The number of thiophene rings is 1. The fourth-order valence-corrected chi connectivity index (χ4v) is 9.30. The molecule has 4 aromatic rings. The van der Waals surface area contributed by atoms with Gasteiger partial charge in [-0.3, -0.25) is 24.4 Å². The van der Waals surface area contributed by atoms with E-state index in [0.29, 0.717) is 81.2 Å². The maximum atomic E-state index is 13.0. The summed E-state index contributed by atoms with van der Waals surface area (Å²) in [7, 11) is 1.99. The normalized spacial score (nSPS) is 20.4. The molecule has 5 heterocycles. The summed E-state index contributed by atoms with van der Waals surface area (Å²) in [5, 5.41) is 19.8. The van der Waals surface area contributed by atoms with Crippen molar-refractivity contribution < 1.29 is 28.6 Å². The summed E-state index contributed by atoms with van der Waals surface area (Å²) in [4.78, 5) is 48.8. The average Bonchev–Trinajstić information content (AvgIpc) is 3.75. The van der Waals surface area contributed by atoms with Gasteiger partial charge < -0.3 is 35.1 Å². The second kappa shape index (κ2) is 19.9. The first-order valence-electron chi connectivity index (χ1n) is 21.1. The second-order valence-corrected chi connectivity index (χ2v) is 17.5. The zero-order chi connectivity index (χ0) is 41.4. The molecule has 2 saturated carbocycles. The Morgan fingerprint density at radius 2 is 1.68 bits per heavy atom. The maximum Gasteiger partial charge on any atom is 0.256 e. The number of fused-ring (bicyclic) bond motifs is 1. The minimum absolute atomic E-state index is 0.166. The van der Waals surface area contributed by atoms with Crippen LogP contribution in [0.4, 0.5) is 5.95 Å². The van der Waals surface area contributed by atoms with E-state index in [-0.39, 0.29) is 18.2 Å². The summed E-state index contributed by atoms with van der Waals surface area (Å²) < 4.78 is 19.6. The number of benzene rings is 1. The van der Waals surface area contributed by atoms with Crippen LogP contribution in [0.2, 0.25) is 5.02 Å². The van der Waals surface area contributed by atoms with E-state index >= 15 is 0 Å². The predicted octanol–water partition coefficient (Wildman–Crippen LogP) is 5.02. The van der Waals surface area contributed by atoms with Crippen LogP contribution in [-0.2, 0) is 52.2 Å². The number of halogens is 1. The molecule has 15 nitrogen and oxygen atoms in total. The standard InChI is InChI=1S/C43H54ClN9O6S/c1-52-37(20-27-2-3-27)32(22-48-52)40-35(44)23-47-43(51-40)49-30-8-6-29(7-9-30)46-15-17-58-19-18-57-16-14-45-21-28-4-10-31(11-5-28)59-25-38-33-24-53(42(56)34(33)26-60-38)36-12-13-39(54)50-41(36)55/h4-5,10-11,22-23,26-27,29-30,36,45-46H,2-3,6-9,12-21,24-25H2,1H3,(H,47,49,51)(H,50,54,55)/t29?,30?,36-/m0/s1. The maximum absolute atomic E-state index is 13.0. The number of nitrogens with zero attached hydrogens (tertiary/aromatic N) is 5. The number of carbonyl (C=O) groups excluding carboxylic acids is 3. The van der Waals surface area contributed by atoms with Crippen LogP contribution >= 0.6 is 22.9 Å². The highest BCUT2D eigenvalue weighted by Crippen LogP contribution is 2.37. The van der Waals surface area contributed by atoms with Crippen LogP contribution in [-0.4, -0.2) is 100 Å². The fraction of sp³-hybridized carbons (Fsp3) is 0.535. The SMILES string of the molecule is Cn1ncc(-c2nc(NC3CCC(NCCOCCOCCNCc4ccc(OCc5scc6c5CN([C@H]5CCC(=O)NC5=O)C6=O)cc4)CC3)ncc2Cl)c1CC1CC1. The smallest absolute Gasteiger partial charge is 0.256 e. The number of ether oxygens (including phenoxy) is 3. The van der Waals surface area contributed by atoms with Crippen LogP contribution in [0.15, 0.2) is 42.0 Å². The molecule has 0 radical (unpaired) electrons. The van der Waals surface area contributed by atoms with E-state index in [1.165, 1.54) is 29.9 Å². The van der Waals surface area contributed by atoms with Crippen LogP contribution in [0.25, 0.3) is 11.3 Å². The summed E-state index contributed by atoms with van der Waals surface area (Å²) in [6, 6.07) is 8.12. The lowest BCUT2D eigenvalue weighted by molar-refractivity contribution is -0.136. The highest BCUT2D eigenvalue weighted by atomic mass is 35.5. The van der Waals surface area contributed by atoms with Gasteiger partial charge in [0.25, 0.3) is 5.91 Å². The molecule has 0 spiro atoms. The molecule has 2 aliphatic carbocycles. The average molecular weight is 860 g/mol. The molecule has 0 bridgehead atoms. The number of imide groups is 1. The molecule has 1 aromatic carbocycles. The first-order valence-corrected chi connectivity index (χ1v) is 22.4. The Morgan fingerprint density at radius 1 is 0.917 bits per heavy atom. The Morgan fingerprint density at radius 3 is 2.45 bits per heavy atom. The lowest BCUT2D eigenvalue weighted by Gasteiger charge is -2.29. The molecule has 320 valence electrons. The van der Waals surface area contributed by atoms with Gasteiger partial charge in [-0.05, 0) is 75.0 Å². The molecule has 1 atom stereocenters. The van der Waals surface area contributed by atoms with E-state index in [0.717, 1.165) is 84.1 Å². The topological polar surface area (TPSA) is 174 Å². The van der Waals surface area contributed by atoms with E-state index in [2.05, 4.69) is 31.3 Å². The number of anilines is 1. The van der Waals surface area contributed by atoms with Crippen LogP contribution in [0.5, 0.6) is 5.75 Å². The van der Waals surface area contributed by atoms with Gasteiger partial charge in [0, 0.05) is 78.8 Å². The number of aromatic nitrogens is 4. The van der Waals surface area contributed by atoms with Crippen LogP contribution in [0.3, 0.4) is 0 Å². The van der Waals surface area contributed by atoms with Gasteiger partial charge in [0.05, 0.1) is 55.1 Å². The molecule has 4 N–H and O–H groups in total. The molecule has 8 rings (SSSR count). The van der Waals surface area contributed by atoms with E-state index in [4.69, 9.17) is 30.8 Å². The Bertz CT molecular complexity index is 2120. The molecule has 4 aliphatic rings. The second-order valence-electron chi connectivity index (χ2n) is 16.1. The van der Waals surface area contributed by atoms with E-state index < -0.39 is 11.9 Å². The molecular formula is C43H54ClN9O6S. The number of nitrogens with one attached hydrogen (secondary N) is 4. The lowest BCUT2D eigenvalue weighted by Crippen LogP contribution is -2.52. The predicted molar refractivity (Wildman–Crippen MR) is 228 cm³/mol. The van der Waals surface area contributed by atoms with Crippen molar-refractivity contribution in [2.24, 2.45) is 13.0 Å². The Kier molecular flexibility index (Phi) is 14.0. The molecule has 3 fully saturated rings. The van der Waals surface area contributed by atoms with Gasteiger partial charge in [-0.2, -0.15) is 5.10 Å². The molecule has 17 heteroatoms. The van der Waals surface area contributed by atoms with Crippen LogP contribution < -0.4 is 26.0 Å². The number of hydrogen-bond acceptors (Lipinski definition) is 13. The number of rotatable bonds is 21. The number of carbonyl (C=O) groups is 3. The van der Waals surface area contributed by atoms with E-state index in [1.807, 2.05) is 47.6 Å². The zero-order valence-electron chi connectivity index (χ0n) is 34.1. The molecule has 1 saturated heterocycles. The third-order valence-electron chi connectivity index (χ3n) is 11.8. The van der Waals surface area contributed by atoms with Crippen molar-refractivity contribution in [3.63, 3.8) is 0 Å². The quantitative estimate of drug-likeness (QED) is 0.0652. The molecule has 3 amide bonds. The number of aryl methyl sites for hydroxylation is 1. The van der Waals surface area contributed by atoms with Crippen molar-refractivity contribution in [2.45, 2.75) is 95.6 Å². The van der Waals surface area contributed by atoms with E-state index in [9.17, 15) is 14.4 Å². The monoisotopic (exact) mass is 859 g/mol. The minimum atomic E-state index is -0.620. The van der Waals surface area contributed by atoms with Gasteiger partial charge in [0.1, 0.15) is 18.4 Å². The number of amides is 3. The van der Waals surface area contributed by atoms with Gasteiger partial charge in [-0.15, -0.1) is 11.3 Å². The highest BCUT2D eigenvalue weighted by Gasteiger charge is 2.40. The third-order valence-corrected chi connectivity index (χ3v) is 13.1. The van der Waals surface area contributed by atoms with Gasteiger partial charge in [0.15, 0.2) is 0 Å². The fourth-order valence-electron chi connectivity index (χ4n) is 8.16. The summed E-state index contributed by atoms with van der Waals surface area (Å²) in [6.07, 6.45) is 12.0. The molecule has 2 aliphatic heterocycles. The van der Waals surface area contributed by atoms with Crippen LogP contribution in [0.1, 0.15) is 83.4 Å². The van der Waals surface area contributed by atoms with Crippen molar-refractivity contribution in [3.8, 4) is 17.0 Å². The van der Waals surface area contributed by atoms with Crippen molar-refractivity contribution >= 4 is 46.6 Å². The Hall–Kier alpha value is -4.45. The first kappa shape index (κ1) is 42.2. The largest absolute Gasteiger partial charge is 0.488 e. The summed E-state index contributed by atoms with van der Waals surface area (Å²) >= 11 is 8.06. The molecular weight excluding hydrogens is 806 g/mol.